The molecule has 152 valence electrons. The highest BCUT2D eigenvalue weighted by atomic mass is 32.2. The summed E-state index contributed by atoms with van der Waals surface area (Å²) in [7, 11) is -3.58. The van der Waals surface area contributed by atoms with E-state index < -0.39 is 9.84 Å². The van der Waals surface area contributed by atoms with Crippen LogP contribution in [0.1, 0.15) is 11.4 Å². The Labute approximate surface area is 177 Å². The summed E-state index contributed by atoms with van der Waals surface area (Å²) in [5, 5.41) is 13.5. The fourth-order valence-electron chi connectivity index (χ4n) is 2.41. The van der Waals surface area contributed by atoms with Crippen LogP contribution < -0.4 is 5.32 Å². The van der Waals surface area contributed by atoms with E-state index >= 15 is 0 Å². The van der Waals surface area contributed by atoms with Crippen molar-refractivity contribution in [1.82, 2.24) is 19.7 Å². The zero-order valence-electron chi connectivity index (χ0n) is 15.6. The standard InChI is InChI=1S/C18H19N5O3S3/c1-3-9-23-15(12-29(25,26)14-6-4-13(2)5-7-14)21-22-18(23)28-11-16(24)20-17-19-8-10-27-17/h3-8,10H,1,9,11-12H2,2H3,(H,19,20,24). The van der Waals surface area contributed by atoms with Crippen LogP contribution >= 0.6 is 23.1 Å². The number of nitrogens with one attached hydrogen (secondary N) is 1. The van der Waals surface area contributed by atoms with E-state index in [1.54, 1.807) is 46.5 Å². The number of nitrogens with zero attached hydrogens (tertiary/aromatic N) is 4. The quantitative estimate of drug-likeness (QED) is 0.395. The Morgan fingerprint density at radius 2 is 2.07 bits per heavy atom. The van der Waals surface area contributed by atoms with E-state index in [9.17, 15) is 13.2 Å². The van der Waals surface area contributed by atoms with Gasteiger partial charge in [-0.15, -0.1) is 28.1 Å². The van der Waals surface area contributed by atoms with Crippen molar-refractivity contribution in [3.63, 3.8) is 0 Å². The van der Waals surface area contributed by atoms with Crippen molar-refractivity contribution in [2.75, 3.05) is 11.1 Å². The molecule has 29 heavy (non-hydrogen) atoms. The Hall–Kier alpha value is -2.50. The van der Waals surface area contributed by atoms with E-state index in [0.29, 0.717) is 22.7 Å². The average molecular weight is 450 g/mol. The van der Waals surface area contributed by atoms with Crippen LogP contribution in [0.2, 0.25) is 0 Å². The van der Waals surface area contributed by atoms with Crippen molar-refractivity contribution in [3.8, 4) is 0 Å². The molecule has 0 radical (unpaired) electrons. The van der Waals surface area contributed by atoms with Gasteiger partial charge in [0, 0.05) is 18.1 Å². The minimum Gasteiger partial charge on any atom is -0.301 e. The second kappa shape index (κ2) is 9.33. The predicted octanol–water partition coefficient (Wildman–Crippen LogP) is 2.93. The first kappa shape index (κ1) is 21.2. The van der Waals surface area contributed by atoms with Crippen molar-refractivity contribution in [3.05, 3.63) is 59.9 Å². The van der Waals surface area contributed by atoms with E-state index in [0.717, 1.165) is 5.56 Å². The Morgan fingerprint density at radius 3 is 2.72 bits per heavy atom. The normalized spacial score (nSPS) is 11.3. The Bertz CT molecular complexity index is 1090. The van der Waals surface area contributed by atoms with Gasteiger partial charge in [-0.1, -0.05) is 35.5 Å². The smallest absolute Gasteiger partial charge is 0.236 e. The van der Waals surface area contributed by atoms with Crippen molar-refractivity contribution in [2.45, 2.75) is 29.3 Å². The van der Waals surface area contributed by atoms with Crippen molar-refractivity contribution in [2.24, 2.45) is 0 Å². The van der Waals surface area contributed by atoms with Gasteiger partial charge in [-0.2, -0.15) is 0 Å². The molecule has 3 aromatic rings. The number of thioether (sulfide) groups is 1. The van der Waals surface area contributed by atoms with Crippen molar-refractivity contribution in [1.29, 1.82) is 0 Å². The molecule has 3 rings (SSSR count). The van der Waals surface area contributed by atoms with E-state index in [2.05, 4.69) is 27.1 Å². The van der Waals surface area contributed by atoms with Crippen molar-refractivity contribution < 1.29 is 13.2 Å². The maximum Gasteiger partial charge on any atom is 0.236 e. The lowest BCUT2D eigenvalue weighted by Crippen LogP contribution is -2.15. The summed E-state index contributed by atoms with van der Waals surface area (Å²) >= 11 is 2.50. The molecular weight excluding hydrogens is 430 g/mol. The monoisotopic (exact) mass is 449 g/mol. The van der Waals surface area contributed by atoms with Gasteiger partial charge in [0.15, 0.2) is 20.1 Å². The van der Waals surface area contributed by atoms with E-state index in [4.69, 9.17) is 0 Å². The third kappa shape index (κ3) is 5.52. The number of hydrogen-bond acceptors (Lipinski definition) is 8. The number of anilines is 1. The molecule has 1 aromatic carbocycles. The molecule has 2 heterocycles. The number of rotatable bonds is 9. The lowest BCUT2D eigenvalue weighted by atomic mass is 10.2. The van der Waals surface area contributed by atoms with Crippen LogP contribution in [0.3, 0.4) is 0 Å². The lowest BCUT2D eigenvalue weighted by Gasteiger charge is -2.08. The minimum atomic E-state index is -3.58. The number of thiazole rings is 1. The average Bonchev–Trinajstić information content (AvgIpc) is 3.31. The van der Waals surface area contributed by atoms with Gasteiger partial charge in [0.1, 0.15) is 11.6 Å². The molecule has 11 heteroatoms. The van der Waals surface area contributed by atoms with Crippen molar-refractivity contribution >= 4 is 44.0 Å². The van der Waals surface area contributed by atoms with Gasteiger partial charge >= 0.3 is 0 Å². The van der Waals surface area contributed by atoms with Crippen LogP contribution in [0, 0.1) is 6.92 Å². The summed E-state index contributed by atoms with van der Waals surface area (Å²) in [6, 6.07) is 6.67. The molecule has 0 atom stereocenters. The molecule has 0 aliphatic rings. The molecule has 1 amide bonds. The number of aromatic nitrogens is 4. The predicted molar refractivity (Wildman–Crippen MR) is 114 cm³/mol. The molecule has 0 saturated carbocycles. The van der Waals surface area contributed by atoms with Gasteiger partial charge < -0.3 is 9.88 Å². The van der Waals surface area contributed by atoms with Gasteiger partial charge in [-0.05, 0) is 19.1 Å². The van der Waals surface area contributed by atoms with Crippen LogP contribution in [0.15, 0.2) is 58.5 Å². The van der Waals surface area contributed by atoms with Gasteiger partial charge in [0.25, 0.3) is 0 Å². The molecule has 0 aliphatic carbocycles. The Balaban J connectivity index is 1.73. The maximum atomic E-state index is 12.7. The molecule has 0 aliphatic heterocycles. The van der Waals surface area contributed by atoms with E-state index in [1.165, 1.54) is 23.1 Å². The summed E-state index contributed by atoms with van der Waals surface area (Å²) in [5.41, 5.74) is 0.980. The van der Waals surface area contributed by atoms with Crippen LogP contribution in [0.4, 0.5) is 5.13 Å². The van der Waals surface area contributed by atoms with Crippen LogP contribution in [-0.2, 0) is 26.9 Å². The fourth-order valence-corrected chi connectivity index (χ4v) is 5.00. The van der Waals surface area contributed by atoms with Crippen LogP contribution in [0.5, 0.6) is 0 Å². The molecule has 0 fully saturated rings. The minimum absolute atomic E-state index is 0.0968. The highest BCUT2D eigenvalue weighted by Crippen LogP contribution is 2.22. The SMILES string of the molecule is C=CCn1c(CS(=O)(=O)c2ccc(C)cc2)nnc1SCC(=O)Nc1nccs1. The highest BCUT2D eigenvalue weighted by molar-refractivity contribution is 7.99. The number of allylic oxidation sites excluding steroid dienone is 1. The Kier molecular flexibility index (Phi) is 6.83. The number of carbonyl (C=O) groups is 1. The summed E-state index contributed by atoms with van der Waals surface area (Å²) < 4.78 is 27.1. The van der Waals surface area contributed by atoms with E-state index in [1.807, 2.05) is 6.92 Å². The Morgan fingerprint density at radius 1 is 1.31 bits per heavy atom. The molecule has 0 unspecified atom stereocenters. The highest BCUT2D eigenvalue weighted by Gasteiger charge is 2.21. The first-order valence-electron chi connectivity index (χ1n) is 8.53. The third-order valence-corrected chi connectivity index (χ3v) is 7.10. The summed E-state index contributed by atoms with van der Waals surface area (Å²) in [6.45, 7) is 5.94. The summed E-state index contributed by atoms with van der Waals surface area (Å²) in [6.07, 6.45) is 3.24. The fraction of sp³-hybridized carbons (Fsp3) is 0.222. The number of hydrogen-bond donors (Lipinski definition) is 1. The first-order chi connectivity index (χ1) is 13.9. The van der Waals surface area contributed by atoms with E-state index in [-0.39, 0.29) is 22.3 Å². The molecule has 0 saturated heterocycles. The molecular formula is C18H19N5O3S3. The maximum absolute atomic E-state index is 12.7. The van der Waals surface area contributed by atoms with Gasteiger partial charge in [0.2, 0.25) is 5.91 Å². The molecule has 0 bridgehead atoms. The molecule has 8 nitrogen and oxygen atoms in total. The van der Waals surface area contributed by atoms with Gasteiger partial charge in [-0.25, -0.2) is 13.4 Å². The molecule has 0 spiro atoms. The number of carbonyl (C=O) groups excluding carboxylic acids is 1. The topological polar surface area (TPSA) is 107 Å². The molecule has 1 N–H and O–H groups in total. The first-order valence-corrected chi connectivity index (χ1v) is 12.1. The summed E-state index contributed by atoms with van der Waals surface area (Å²) in [4.78, 5) is 16.3. The van der Waals surface area contributed by atoms with Crippen LogP contribution in [0.25, 0.3) is 0 Å². The third-order valence-electron chi connectivity index (χ3n) is 3.82. The number of benzene rings is 1. The number of amides is 1. The zero-order chi connectivity index (χ0) is 20.9. The van der Waals surface area contributed by atoms with Gasteiger partial charge in [-0.3, -0.25) is 4.79 Å². The van der Waals surface area contributed by atoms with Crippen LogP contribution in [-0.4, -0.2) is 39.8 Å². The zero-order valence-corrected chi connectivity index (χ0v) is 18.1. The lowest BCUT2D eigenvalue weighted by molar-refractivity contribution is -0.113. The summed E-state index contributed by atoms with van der Waals surface area (Å²) in [5.74, 6) is -0.122. The number of aryl methyl sites for hydroxylation is 1. The largest absolute Gasteiger partial charge is 0.301 e. The number of sulfone groups is 1. The molecule has 2 aromatic heterocycles. The van der Waals surface area contributed by atoms with Gasteiger partial charge in [0.05, 0.1) is 10.6 Å². The second-order valence-electron chi connectivity index (χ2n) is 6.04. The second-order valence-corrected chi connectivity index (χ2v) is 9.87.